The van der Waals surface area contributed by atoms with Crippen molar-refractivity contribution in [3.8, 4) is 33.6 Å². The molecule has 7 rings (SSSR count). The minimum atomic E-state index is -0.550. The smallest absolute Gasteiger partial charge is 0.144 e. The van der Waals surface area contributed by atoms with Gasteiger partial charge in [0.1, 0.15) is 11.3 Å². The molecule has 0 aliphatic rings. The Morgan fingerprint density at radius 1 is 0.429 bits per heavy atom. The third-order valence-corrected chi connectivity index (χ3v) is 6.29. The summed E-state index contributed by atoms with van der Waals surface area (Å²) in [5.41, 5.74) is 2.61. The van der Waals surface area contributed by atoms with Crippen LogP contribution in [0.15, 0.2) is 138 Å². The van der Waals surface area contributed by atoms with Crippen molar-refractivity contribution in [2.75, 3.05) is 0 Å². The molecule has 6 aromatic carbocycles. The summed E-state index contributed by atoms with van der Waals surface area (Å²) in [6, 6.07) is 20.0. The Morgan fingerprint density at radius 3 is 1.74 bits per heavy atom. The molecule has 0 unspecified atom stereocenters. The summed E-state index contributed by atoms with van der Waals surface area (Å²) >= 11 is 0. The molecule has 0 saturated heterocycles. The van der Waals surface area contributed by atoms with E-state index in [0.29, 0.717) is 27.7 Å². The fourth-order valence-electron chi connectivity index (χ4n) is 4.86. The molecule has 0 aliphatic carbocycles. The van der Waals surface area contributed by atoms with E-state index in [-0.39, 0.29) is 34.0 Å². The predicted octanol–water partition coefficient (Wildman–Crippen LogP) is 9.74. The Kier molecular flexibility index (Phi) is 2.91. The normalized spacial score (nSPS) is 15.0. The summed E-state index contributed by atoms with van der Waals surface area (Å²) in [5, 5.41) is 2.00. The quantitative estimate of drug-likeness (QED) is 0.242. The van der Waals surface area contributed by atoms with Crippen LogP contribution in [0, 0.1) is 0 Å². The molecule has 1 heterocycles. The molecule has 164 valence electrons. The van der Waals surface area contributed by atoms with Crippen LogP contribution in [0.1, 0.15) is 12.3 Å². The monoisotopic (exact) mass is 455 g/mol. The molecular formula is C34H22O. The summed E-state index contributed by atoms with van der Waals surface area (Å²) in [6.07, 6.45) is 0. The number of hydrogen-bond donors (Lipinski definition) is 0. The first kappa shape index (κ1) is 12.7. The lowest BCUT2D eigenvalue weighted by atomic mass is 9.86. The fraction of sp³-hybridized carbons (Fsp3) is 0. The van der Waals surface area contributed by atoms with Gasteiger partial charge >= 0.3 is 0 Å². The maximum Gasteiger partial charge on any atom is 0.144 e. The highest BCUT2D eigenvalue weighted by Crippen LogP contribution is 2.48. The molecule has 0 radical (unpaired) electrons. The summed E-state index contributed by atoms with van der Waals surface area (Å²) in [4.78, 5) is 0. The number of furan rings is 1. The van der Waals surface area contributed by atoms with E-state index < -0.39 is 42.3 Å². The molecule has 0 aliphatic heterocycles. The zero-order chi connectivity index (χ0) is 31.0. The van der Waals surface area contributed by atoms with Crippen molar-refractivity contribution in [2.24, 2.45) is 0 Å². The van der Waals surface area contributed by atoms with Crippen LogP contribution in [0.5, 0.6) is 0 Å². The molecule has 0 N–H and O–H groups in total. The van der Waals surface area contributed by atoms with Crippen molar-refractivity contribution in [2.45, 2.75) is 0 Å². The van der Waals surface area contributed by atoms with E-state index >= 15 is 0 Å². The van der Waals surface area contributed by atoms with Crippen LogP contribution in [0.4, 0.5) is 0 Å². The molecule has 0 fully saturated rings. The van der Waals surface area contributed by atoms with Crippen molar-refractivity contribution >= 4 is 32.5 Å². The first-order chi connectivity index (χ1) is 21.1. The number of benzene rings is 6. The van der Waals surface area contributed by atoms with E-state index in [4.69, 9.17) is 16.8 Å². The fourth-order valence-corrected chi connectivity index (χ4v) is 4.86. The van der Waals surface area contributed by atoms with Crippen LogP contribution in [0.25, 0.3) is 66.1 Å². The van der Waals surface area contributed by atoms with Gasteiger partial charge in [-0.15, -0.1) is 0 Å². The van der Waals surface area contributed by atoms with Gasteiger partial charge in [-0.25, -0.2) is 0 Å². The number of hydrogen-bond acceptors (Lipinski definition) is 1. The van der Waals surface area contributed by atoms with Gasteiger partial charge in [-0.05, 0) is 44.3 Å². The van der Waals surface area contributed by atoms with E-state index in [2.05, 4.69) is 0 Å². The average Bonchev–Trinajstić information content (AvgIpc) is 3.43. The highest BCUT2D eigenvalue weighted by Gasteiger charge is 2.23. The topological polar surface area (TPSA) is 13.1 Å². The molecule has 0 atom stereocenters. The third kappa shape index (κ3) is 3.09. The maximum atomic E-state index is 9.16. The third-order valence-electron chi connectivity index (χ3n) is 6.29. The number of rotatable bonds is 3. The first-order valence-electron chi connectivity index (χ1n) is 15.7. The van der Waals surface area contributed by atoms with Crippen LogP contribution >= 0.6 is 0 Å². The van der Waals surface area contributed by atoms with Gasteiger partial charge in [-0.3, -0.25) is 0 Å². The van der Waals surface area contributed by atoms with Crippen molar-refractivity contribution < 1.29 is 16.8 Å². The highest BCUT2D eigenvalue weighted by molar-refractivity contribution is 6.23. The summed E-state index contributed by atoms with van der Waals surface area (Å²) in [6.45, 7) is 0. The second-order valence-electron chi connectivity index (χ2n) is 8.21. The molecular weight excluding hydrogens is 424 g/mol. The van der Waals surface area contributed by atoms with Crippen molar-refractivity contribution in [3.05, 3.63) is 133 Å². The Labute approximate surface area is 216 Å². The van der Waals surface area contributed by atoms with Crippen LogP contribution in [0.2, 0.25) is 0 Å². The second-order valence-corrected chi connectivity index (χ2v) is 8.21. The van der Waals surface area contributed by atoms with Gasteiger partial charge in [0.25, 0.3) is 0 Å². The Morgan fingerprint density at radius 2 is 1.00 bits per heavy atom. The Hall–Kier alpha value is -4.62. The van der Waals surface area contributed by atoms with Crippen molar-refractivity contribution in [3.63, 3.8) is 0 Å². The van der Waals surface area contributed by atoms with Gasteiger partial charge < -0.3 is 4.42 Å². The second kappa shape index (κ2) is 8.00. The van der Waals surface area contributed by atoms with Crippen molar-refractivity contribution in [1.29, 1.82) is 0 Å². The molecule has 1 aromatic heterocycles. The van der Waals surface area contributed by atoms with Crippen LogP contribution < -0.4 is 0 Å². The van der Waals surface area contributed by atoms with Crippen molar-refractivity contribution in [1.82, 2.24) is 0 Å². The lowest BCUT2D eigenvalue weighted by Gasteiger charge is -2.17. The van der Waals surface area contributed by atoms with Crippen LogP contribution in [-0.4, -0.2) is 0 Å². The van der Waals surface area contributed by atoms with Gasteiger partial charge in [0.05, 0.1) is 12.3 Å². The Bertz CT molecular complexity index is 2300. The van der Waals surface area contributed by atoms with Gasteiger partial charge in [0.15, 0.2) is 0 Å². The lowest BCUT2D eigenvalue weighted by molar-refractivity contribution is 0.634. The average molecular weight is 456 g/mol. The van der Waals surface area contributed by atoms with Crippen LogP contribution in [-0.2, 0) is 0 Å². The number of para-hydroxylation sites is 1. The molecule has 7 aromatic rings. The van der Waals surface area contributed by atoms with Gasteiger partial charge in [-0.1, -0.05) is 127 Å². The standard InChI is InChI=1S/C34H22O/c1-3-13-23(14-4-1)31-25-17-7-9-19-27(25)33(28-20-10-8-18-26(28)31)34-32(24-15-5-2-6-16-24)29-21-11-12-22-30(29)35-34/h1-22H/i1D,3D,4D,7D,9D,13D,14D,17D,19D. The minimum Gasteiger partial charge on any atom is -0.455 e. The Balaban J connectivity index is 1.79. The molecule has 1 nitrogen and oxygen atoms in total. The molecule has 0 saturated carbocycles. The molecule has 0 bridgehead atoms. The van der Waals surface area contributed by atoms with E-state index in [9.17, 15) is 0 Å². The lowest BCUT2D eigenvalue weighted by Crippen LogP contribution is -1.91. The first-order valence-corrected chi connectivity index (χ1v) is 11.2. The molecule has 0 spiro atoms. The van der Waals surface area contributed by atoms with Gasteiger partial charge in [0.2, 0.25) is 0 Å². The SMILES string of the molecule is [2H]c1c([2H])c([2H])c(-c2c3ccccc3c(-c3oc4ccccc4c3-c3ccccc3)c3c([2H])c([2H])c([2H])c([2H])c23)c([2H])c1[2H]. The van der Waals surface area contributed by atoms with Gasteiger partial charge in [0, 0.05) is 16.5 Å². The summed E-state index contributed by atoms with van der Waals surface area (Å²) in [5.74, 6) is 0.399. The van der Waals surface area contributed by atoms with E-state index in [1.54, 1.807) is 24.3 Å². The predicted molar refractivity (Wildman–Crippen MR) is 148 cm³/mol. The zero-order valence-electron chi connectivity index (χ0n) is 27.4. The van der Waals surface area contributed by atoms with E-state index in [0.717, 1.165) is 16.5 Å². The summed E-state index contributed by atoms with van der Waals surface area (Å²) in [7, 11) is 0. The highest BCUT2D eigenvalue weighted by atomic mass is 16.3. The molecule has 0 amide bonds. The van der Waals surface area contributed by atoms with Crippen LogP contribution in [0.3, 0.4) is 0 Å². The van der Waals surface area contributed by atoms with E-state index in [1.165, 1.54) is 0 Å². The van der Waals surface area contributed by atoms with E-state index in [1.807, 2.05) is 54.6 Å². The zero-order valence-corrected chi connectivity index (χ0v) is 18.4. The van der Waals surface area contributed by atoms with Gasteiger partial charge in [-0.2, -0.15) is 0 Å². The summed E-state index contributed by atoms with van der Waals surface area (Å²) < 4.78 is 84.5. The minimum absolute atomic E-state index is 0.0442. The molecule has 35 heavy (non-hydrogen) atoms. The number of fused-ring (bicyclic) bond motifs is 3. The molecule has 1 heteroatoms. The largest absolute Gasteiger partial charge is 0.455 e. The maximum absolute atomic E-state index is 9.16.